The maximum atomic E-state index is 12.1. The molecule has 0 amide bonds. The van der Waals surface area contributed by atoms with Crippen LogP contribution in [0.25, 0.3) is 0 Å². The summed E-state index contributed by atoms with van der Waals surface area (Å²) >= 11 is 0. The first-order valence-electron chi connectivity index (χ1n) is 6.19. The largest absolute Gasteiger partial charge is 0.512 e. The van der Waals surface area contributed by atoms with Gasteiger partial charge in [-0.05, 0) is 19.3 Å². The Morgan fingerprint density at radius 1 is 1.06 bits per heavy atom. The number of allylic oxidation sites excluding steroid dienone is 2. The number of ketones is 1. The fourth-order valence-electron chi connectivity index (χ4n) is 1.27. The van der Waals surface area contributed by atoms with Crippen LogP contribution in [0, 0.1) is 10.8 Å². The zero-order chi connectivity index (χ0) is 13.0. The van der Waals surface area contributed by atoms with E-state index in [4.69, 9.17) is 0 Å². The summed E-state index contributed by atoms with van der Waals surface area (Å²) < 4.78 is 0. The van der Waals surface area contributed by atoms with E-state index in [0.29, 0.717) is 0 Å². The summed E-state index contributed by atoms with van der Waals surface area (Å²) in [6, 6.07) is 0. The predicted octanol–water partition coefficient (Wildman–Crippen LogP) is 4.26. The van der Waals surface area contributed by atoms with Crippen molar-refractivity contribution >= 4 is 5.78 Å². The molecule has 1 N–H and O–H groups in total. The highest BCUT2D eigenvalue weighted by Gasteiger charge is 2.30. The lowest BCUT2D eigenvalue weighted by Crippen LogP contribution is -2.26. The molecule has 16 heavy (non-hydrogen) atoms. The third kappa shape index (κ3) is 3.36. The third-order valence-electron chi connectivity index (χ3n) is 4.00. The molecule has 0 aliphatic carbocycles. The van der Waals surface area contributed by atoms with Crippen molar-refractivity contribution in [3.8, 4) is 0 Å². The quantitative estimate of drug-likeness (QED) is 0.542. The molecule has 0 spiro atoms. The first-order chi connectivity index (χ1) is 7.23. The second kappa shape index (κ2) is 5.51. The molecule has 0 fully saturated rings. The minimum atomic E-state index is -0.336. The lowest BCUT2D eigenvalue weighted by molar-refractivity contribution is -0.123. The molecule has 0 unspecified atom stereocenters. The van der Waals surface area contributed by atoms with Crippen molar-refractivity contribution in [3.63, 3.8) is 0 Å². The maximum absolute atomic E-state index is 12.1. The molecule has 2 heteroatoms. The monoisotopic (exact) mass is 226 g/mol. The van der Waals surface area contributed by atoms with Crippen LogP contribution in [0.2, 0.25) is 0 Å². The Morgan fingerprint density at radius 2 is 1.50 bits per heavy atom. The Morgan fingerprint density at radius 3 is 1.81 bits per heavy atom. The van der Waals surface area contributed by atoms with Crippen molar-refractivity contribution in [1.29, 1.82) is 0 Å². The van der Waals surface area contributed by atoms with Crippen molar-refractivity contribution in [2.45, 2.75) is 60.8 Å². The normalized spacial score (nSPS) is 14.0. The lowest BCUT2D eigenvalue weighted by atomic mass is 9.78. The fourth-order valence-corrected chi connectivity index (χ4v) is 1.27. The van der Waals surface area contributed by atoms with E-state index in [1.807, 2.05) is 41.5 Å². The predicted molar refractivity (Wildman–Crippen MR) is 68.5 cm³/mol. The van der Waals surface area contributed by atoms with Gasteiger partial charge < -0.3 is 5.11 Å². The van der Waals surface area contributed by atoms with Crippen molar-refractivity contribution < 1.29 is 9.90 Å². The van der Waals surface area contributed by atoms with Crippen LogP contribution in [0.5, 0.6) is 0 Å². The van der Waals surface area contributed by atoms with Gasteiger partial charge in [0.1, 0.15) is 5.76 Å². The molecule has 2 nitrogen and oxygen atoms in total. The highest BCUT2D eigenvalue weighted by Crippen LogP contribution is 2.31. The minimum Gasteiger partial charge on any atom is -0.512 e. The summed E-state index contributed by atoms with van der Waals surface area (Å²) in [5.74, 6) is 0.240. The molecule has 0 aromatic rings. The summed E-state index contributed by atoms with van der Waals surface area (Å²) in [7, 11) is 0. The SMILES string of the molecule is CCC(C)(CC)C(=O)/C=C(\O)C(C)(C)CC. The molecule has 0 saturated carbocycles. The summed E-state index contributed by atoms with van der Waals surface area (Å²) in [4.78, 5) is 12.1. The first kappa shape index (κ1) is 15.2. The van der Waals surface area contributed by atoms with Gasteiger partial charge in [-0.15, -0.1) is 0 Å². The maximum Gasteiger partial charge on any atom is 0.164 e. The van der Waals surface area contributed by atoms with Crippen LogP contribution in [0.4, 0.5) is 0 Å². The second-order valence-electron chi connectivity index (χ2n) is 5.40. The minimum absolute atomic E-state index is 0.0384. The van der Waals surface area contributed by atoms with E-state index in [2.05, 4.69) is 0 Å². The van der Waals surface area contributed by atoms with E-state index in [1.54, 1.807) is 0 Å². The van der Waals surface area contributed by atoms with Gasteiger partial charge in [0, 0.05) is 16.9 Å². The van der Waals surface area contributed by atoms with Crippen LogP contribution in [-0.4, -0.2) is 10.9 Å². The van der Waals surface area contributed by atoms with Crippen molar-refractivity contribution in [3.05, 3.63) is 11.8 Å². The Kier molecular flexibility index (Phi) is 5.24. The molecule has 0 aromatic carbocycles. The van der Waals surface area contributed by atoms with Crippen molar-refractivity contribution in [2.24, 2.45) is 10.8 Å². The molecule has 94 valence electrons. The van der Waals surface area contributed by atoms with Gasteiger partial charge in [-0.1, -0.05) is 41.5 Å². The Hall–Kier alpha value is -0.790. The summed E-state index contributed by atoms with van der Waals surface area (Å²) in [5, 5.41) is 9.94. The van der Waals surface area contributed by atoms with E-state index >= 15 is 0 Å². The summed E-state index contributed by atoms with van der Waals surface area (Å²) in [5.41, 5.74) is -0.643. The Bertz CT molecular complexity index is 270. The van der Waals surface area contributed by atoms with Gasteiger partial charge in [-0.3, -0.25) is 4.79 Å². The Balaban J connectivity index is 4.98. The summed E-state index contributed by atoms with van der Waals surface area (Å²) in [6.07, 6.45) is 3.85. The van der Waals surface area contributed by atoms with Crippen LogP contribution in [0.15, 0.2) is 11.8 Å². The van der Waals surface area contributed by atoms with Gasteiger partial charge >= 0.3 is 0 Å². The highest BCUT2D eigenvalue weighted by atomic mass is 16.3. The Labute approximate surface area is 99.7 Å². The van der Waals surface area contributed by atoms with E-state index in [1.165, 1.54) is 6.08 Å². The number of rotatable bonds is 6. The second-order valence-corrected chi connectivity index (χ2v) is 5.40. The molecule has 0 aromatic heterocycles. The lowest BCUT2D eigenvalue weighted by Gasteiger charge is -2.26. The average molecular weight is 226 g/mol. The molecule has 0 bridgehead atoms. The smallest absolute Gasteiger partial charge is 0.164 e. The van der Waals surface area contributed by atoms with Crippen LogP contribution in [0.3, 0.4) is 0 Å². The summed E-state index contributed by atoms with van der Waals surface area (Å²) in [6.45, 7) is 11.9. The van der Waals surface area contributed by atoms with E-state index in [-0.39, 0.29) is 22.4 Å². The van der Waals surface area contributed by atoms with Crippen LogP contribution in [-0.2, 0) is 4.79 Å². The fraction of sp³-hybridized carbons (Fsp3) is 0.786. The number of hydrogen-bond acceptors (Lipinski definition) is 2. The van der Waals surface area contributed by atoms with Gasteiger partial charge in [0.15, 0.2) is 5.78 Å². The van der Waals surface area contributed by atoms with Crippen LogP contribution >= 0.6 is 0 Å². The zero-order valence-electron chi connectivity index (χ0n) is 11.6. The van der Waals surface area contributed by atoms with E-state index in [9.17, 15) is 9.90 Å². The first-order valence-corrected chi connectivity index (χ1v) is 6.19. The average Bonchev–Trinajstić information content (AvgIpc) is 2.27. The number of aliphatic hydroxyl groups is 1. The van der Waals surface area contributed by atoms with Gasteiger partial charge in [0.25, 0.3) is 0 Å². The molecule has 0 atom stereocenters. The molecular formula is C14H26O2. The van der Waals surface area contributed by atoms with Crippen LogP contribution in [0.1, 0.15) is 60.8 Å². The topological polar surface area (TPSA) is 37.3 Å². The molecule has 0 aliphatic rings. The van der Waals surface area contributed by atoms with Gasteiger partial charge in [-0.25, -0.2) is 0 Å². The van der Waals surface area contributed by atoms with Crippen LogP contribution < -0.4 is 0 Å². The number of carbonyl (C=O) groups excluding carboxylic acids is 1. The van der Waals surface area contributed by atoms with E-state index < -0.39 is 0 Å². The molecule has 0 aliphatic heterocycles. The molecule has 0 radical (unpaired) electrons. The number of hydrogen-bond donors (Lipinski definition) is 1. The molecule has 0 rings (SSSR count). The number of carbonyl (C=O) groups is 1. The van der Waals surface area contributed by atoms with Crippen molar-refractivity contribution in [2.75, 3.05) is 0 Å². The van der Waals surface area contributed by atoms with Gasteiger partial charge in [0.05, 0.1) is 0 Å². The zero-order valence-corrected chi connectivity index (χ0v) is 11.6. The molecule has 0 saturated heterocycles. The van der Waals surface area contributed by atoms with Gasteiger partial charge in [0.2, 0.25) is 0 Å². The van der Waals surface area contributed by atoms with Crippen molar-refractivity contribution in [1.82, 2.24) is 0 Å². The standard InChI is InChI=1S/C14H26O2/c1-7-13(4,5)11(15)10-12(16)14(6,8-2)9-3/h10,15H,7-9H2,1-6H3/b11-10-. The van der Waals surface area contributed by atoms with Gasteiger partial charge in [-0.2, -0.15) is 0 Å². The highest BCUT2D eigenvalue weighted by molar-refractivity contribution is 5.94. The third-order valence-corrected chi connectivity index (χ3v) is 4.00. The molecule has 0 heterocycles. The molecular weight excluding hydrogens is 200 g/mol. The van der Waals surface area contributed by atoms with E-state index in [0.717, 1.165) is 19.3 Å². The number of aliphatic hydroxyl groups excluding tert-OH is 1.